The summed E-state index contributed by atoms with van der Waals surface area (Å²) in [6.07, 6.45) is 0. The summed E-state index contributed by atoms with van der Waals surface area (Å²) in [4.78, 5) is 12.4. The third-order valence-corrected chi connectivity index (χ3v) is 3.69. The van der Waals surface area contributed by atoms with Gasteiger partial charge in [0.25, 0.3) is 0 Å². The van der Waals surface area contributed by atoms with Crippen molar-refractivity contribution >= 4 is 16.7 Å². The molecule has 0 radical (unpaired) electrons. The first kappa shape index (κ1) is 14.2. The zero-order valence-electron chi connectivity index (χ0n) is 12.8. The average molecular weight is 295 g/mol. The summed E-state index contributed by atoms with van der Waals surface area (Å²) in [6.45, 7) is 3.89. The van der Waals surface area contributed by atoms with Crippen LogP contribution in [0.4, 0.5) is 5.69 Å². The Morgan fingerprint density at radius 3 is 2.55 bits per heavy atom. The van der Waals surface area contributed by atoms with Gasteiger partial charge in [-0.3, -0.25) is 4.79 Å². The number of nitrogen functional groups attached to an aromatic ring is 1. The number of aryl methyl sites for hydroxylation is 2. The van der Waals surface area contributed by atoms with Crippen molar-refractivity contribution in [2.45, 2.75) is 13.8 Å². The maximum Gasteiger partial charge on any atom is 0.193 e. The van der Waals surface area contributed by atoms with Crippen LogP contribution in [-0.4, -0.2) is 7.11 Å². The molecule has 3 rings (SSSR count). The van der Waals surface area contributed by atoms with Crippen LogP contribution in [-0.2, 0) is 0 Å². The maximum atomic E-state index is 12.4. The lowest BCUT2D eigenvalue weighted by molar-refractivity contribution is 0.417. The number of benzene rings is 2. The molecule has 0 aliphatic heterocycles. The SMILES string of the molecule is COc1ccc(-c2cc(=O)c3c(C)cc(C)cc3o2)cc1N. The third kappa shape index (κ3) is 2.33. The smallest absolute Gasteiger partial charge is 0.193 e. The first-order valence-corrected chi connectivity index (χ1v) is 6.98. The lowest BCUT2D eigenvalue weighted by Crippen LogP contribution is -2.03. The number of methoxy groups -OCH3 is 1. The Labute approximate surface area is 128 Å². The van der Waals surface area contributed by atoms with Crippen molar-refractivity contribution in [2.75, 3.05) is 12.8 Å². The van der Waals surface area contributed by atoms with E-state index in [0.29, 0.717) is 28.2 Å². The Morgan fingerprint density at radius 1 is 1.09 bits per heavy atom. The van der Waals surface area contributed by atoms with Gasteiger partial charge < -0.3 is 14.9 Å². The molecule has 0 saturated carbocycles. The average Bonchev–Trinajstić information content (AvgIpc) is 2.45. The van der Waals surface area contributed by atoms with Crippen LogP contribution in [0.25, 0.3) is 22.3 Å². The van der Waals surface area contributed by atoms with Crippen LogP contribution in [0, 0.1) is 13.8 Å². The van der Waals surface area contributed by atoms with Gasteiger partial charge in [-0.2, -0.15) is 0 Å². The molecule has 3 aromatic rings. The summed E-state index contributed by atoms with van der Waals surface area (Å²) in [7, 11) is 1.56. The van der Waals surface area contributed by atoms with E-state index >= 15 is 0 Å². The Hall–Kier alpha value is -2.75. The molecular weight excluding hydrogens is 278 g/mol. The molecule has 0 amide bonds. The summed E-state index contributed by atoms with van der Waals surface area (Å²) in [5.74, 6) is 1.09. The standard InChI is InChI=1S/C18H17NO3/c1-10-6-11(2)18-14(20)9-16(22-17(18)7-10)12-4-5-15(21-3)13(19)8-12/h4-9H,19H2,1-3H3. The van der Waals surface area contributed by atoms with Crippen LogP contribution >= 0.6 is 0 Å². The molecular formula is C18H17NO3. The Bertz CT molecular complexity index is 925. The predicted octanol–water partition coefficient (Wildman–Crippen LogP) is 3.67. The van der Waals surface area contributed by atoms with Crippen LogP contribution in [0.5, 0.6) is 5.75 Å². The van der Waals surface area contributed by atoms with Crippen molar-refractivity contribution < 1.29 is 9.15 Å². The third-order valence-electron chi connectivity index (χ3n) is 3.69. The molecule has 0 bridgehead atoms. The van der Waals surface area contributed by atoms with E-state index in [9.17, 15) is 4.79 Å². The minimum atomic E-state index is -0.0526. The highest BCUT2D eigenvalue weighted by Gasteiger charge is 2.11. The van der Waals surface area contributed by atoms with E-state index in [1.807, 2.05) is 32.0 Å². The highest BCUT2D eigenvalue weighted by atomic mass is 16.5. The topological polar surface area (TPSA) is 65.5 Å². The normalized spacial score (nSPS) is 10.9. The number of hydrogen-bond donors (Lipinski definition) is 1. The maximum absolute atomic E-state index is 12.4. The van der Waals surface area contributed by atoms with Crippen LogP contribution in [0.3, 0.4) is 0 Å². The first-order valence-electron chi connectivity index (χ1n) is 6.98. The molecule has 1 heterocycles. The lowest BCUT2D eigenvalue weighted by atomic mass is 10.1. The predicted molar refractivity (Wildman–Crippen MR) is 88.4 cm³/mol. The van der Waals surface area contributed by atoms with Gasteiger partial charge in [0.05, 0.1) is 18.2 Å². The van der Waals surface area contributed by atoms with Gasteiger partial charge in [-0.15, -0.1) is 0 Å². The van der Waals surface area contributed by atoms with Gasteiger partial charge in [-0.25, -0.2) is 0 Å². The van der Waals surface area contributed by atoms with E-state index in [1.54, 1.807) is 19.2 Å². The van der Waals surface area contributed by atoms with Crippen molar-refractivity contribution in [2.24, 2.45) is 0 Å². The van der Waals surface area contributed by atoms with Crippen LogP contribution in [0.15, 0.2) is 45.6 Å². The fourth-order valence-corrected chi connectivity index (χ4v) is 2.69. The van der Waals surface area contributed by atoms with Gasteiger partial charge >= 0.3 is 0 Å². The fourth-order valence-electron chi connectivity index (χ4n) is 2.69. The highest BCUT2D eigenvalue weighted by Crippen LogP contribution is 2.29. The summed E-state index contributed by atoms with van der Waals surface area (Å²) in [5, 5.41) is 0.621. The van der Waals surface area contributed by atoms with Crippen molar-refractivity contribution in [1.29, 1.82) is 0 Å². The van der Waals surface area contributed by atoms with Crippen molar-refractivity contribution in [3.63, 3.8) is 0 Å². The number of fused-ring (bicyclic) bond motifs is 1. The number of rotatable bonds is 2. The molecule has 0 spiro atoms. The Balaban J connectivity index is 2.24. The summed E-state index contributed by atoms with van der Waals surface area (Å²) >= 11 is 0. The van der Waals surface area contributed by atoms with Gasteiger partial charge in [0.1, 0.15) is 17.1 Å². The van der Waals surface area contributed by atoms with Gasteiger partial charge in [0.15, 0.2) is 5.43 Å². The zero-order chi connectivity index (χ0) is 15.9. The lowest BCUT2D eigenvalue weighted by Gasteiger charge is -2.08. The fraction of sp³-hybridized carbons (Fsp3) is 0.167. The number of hydrogen-bond acceptors (Lipinski definition) is 4. The second kappa shape index (κ2) is 5.22. The summed E-state index contributed by atoms with van der Waals surface area (Å²) in [5.41, 5.74) is 9.69. The molecule has 0 saturated heterocycles. The van der Waals surface area contributed by atoms with E-state index in [4.69, 9.17) is 14.9 Å². The molecule has 0 aliphatic rings. The minimum absolute atomic E-state index is 0.0526. The van der Waals surface area contributed by atoms with E-state index in [-0.39, 0.29) is 5.43 Å². The molecule has 0 unspecified atom stereocenters. The molecule has 2 N–H and O–H groups in total. The second-order valence-corrected chi connectivity index (χ2v) is 5.39. The molecule has 0 fully saturated rings. The molecule has 0 atom stereocenters. The van der Waals surface area contributed by atoms with E-state index in [1.165, 1.54) is 6.07 Å². The van der Waals surface area contributed by atoms with E-state index in [2.05, 4.69) is 0 Å². The van der Waals surface area contributed by atoms with Crippen LogP contribution < -0.4 is 15.9 Å². The highest BCUT2D eigenvalue weighted by molar-refractivity contribution is 5.83. The second-order valence-electron chi connectivity index (χ2n) is 5.39. The molecule has 0 aliphatic carbocycles. The number of ether oxygens (including phenoxy) is 1. The van der Waals surface area contributed by atoms with Crippen LogP contribution in [0.1, 0.15) is 11.1 Å². The van der Waals surface area contributed by atoms with Gasteiger partial charge in [0, 0.05) is 11.6 Å². The molecule has 4 nitrogen and oxygen atoms in total. The van der Waals surface area contributed by atoms with E-state index < -0.39 is 0 Å². The minimum Gasteiger partial charge on any atom is -0.495 e. The quantitative estimate of drug-likeness (QED) is 0.733. The Morgan fingerprint density at radius 2 is 1.86 bits per heavy atom. The summed E-state index contributed by atoms with van der Waals surface area (Å²) < 4.78 is 11.1. The molecule has 22 heavy (non-hydrogen) atoms. The monoisotopic (exact) mass is 295 g/mol. The Kier molecular flexibility index (Phi) is 3.37. The molecule has 4 heteroatoms. The van der Waals surface area contributed by atoms with Crippen molar-refractivity contribution in [3.05, 3.63) is 57.7 Å². The van der Waals surface area contributed by atoms with Crippen LogP contribution in [0.2, 0.25) is 0 Å². The molecule has 112 valence electrons. The van der Waals surface area contributed by atoms with Crippen molar-refractivity contribution in [1.82, 2.24) is 0 Å². The van der Waals surface area contributed by atoms with E-state index in [0.717, 1.165) is 16.7 Å². The number of nitrogens with two attached hydrogens (primary N) is 1. The van der Waals surface area contributed by atoms with Gasteiger partial charge in [0.2, 0.25) is 0 Å². The van der Waals surface area contributed by atoms with Gasteiger partial charge in [-0.05, 0) is 49.2 Å². The van der Waals surface area contributed by atoms with Gasteiger partial charge in [-0.1, -0.05) is 6.07 Å². The number of anilines is 1. The summed E-state index contributed by atoms with van der Waals surface area (Å²) in [6, 6.07) is 10.7. The van der Waals surface area contributed by atoms with Crippen molar-refractivity contribution in [3.8, 4) is 17.1 Å². The first-order chi connectivity index (χ1) is 10.5. The largest absolute Gasteiger partial charge is 0.495 e. The molecule has 1 aromatic heterocycles. The zero-order valence-corrected chi connectivity index (χ0v) is 12.8. The molecule has 2 aromatic carbocycles.